The lowest BCUT2D eigenvalue weighted by molar-refractivity contribution is -0.138. The molecule has 0 spiro atoms. The molecule has 0 radical (unpaired) electrons. The number of thiophene rings is 1. The fourth-order valence-corrected chi connectivity index (χ4v) is 4.27. The Morgan fingerprint density at radius 1 is 1.53 bits per heavy atom. The molecule has 5 nitrogen and oxygen atoms in total. The molecule has 19 heavy (non-hydrogen) atoms. The zero-order valence-electron chi connectivity index (χ0n) is 10.4. The molecule has 1 atom stereocenters. The van der Waals surface area contributed by atoms with Gasteiger partial charge in [-0.3, -0.25) is 0 Å². The van der Waals surface area contributed by atoms with E-state index in [0.29, 0.717) is 12.3 Å². The first-order valence-corrected chi connectivity index (χ1v) is 7.98. The number of fused-ring (bicyclic) bond motifs is 1. The summed E-state index contributed by atoms with van der Waals surface area (Å²) in [5.41, 5.74) is 2.04. The highest BCUT2D eigenvalue weighted by Crippen LogP contribution is 2.33. The molecule has 2 aromatic rings. The van der Waals surface area contributed by atoms with Gasteiger partial charge >= 0.3 is 5.97 Å². The fraction of sp³-hybridized carbons (Fsp3) is 0.417. The van der Waals surface area contributed by atoms with Gasteiger partial charge < -0.3 is 10.0 Å². The van der Waals surface area contributed by atoms with Crippen molar-refractivity contribution in [1.82, 2.24) is 9.97 Å². The van der Waals surface area contributed by atoms with Crippen molar-refractivity contribution in [2.24, 2.45) is 0 Å². The zero-order valence-corrected chi connectivity index (χ0v) is 12.0. The number of aliphatic carboxylic acids is 1. The molecule has 1 saturated heterocycles. The van der Waals surface area contributed by atoms with Crippen LogP contribution in [0.3, 0.4) is 0 Å². The Kier molecular flexibility index (Phi) is 3.32. The van der Waals surface area contributed by atoms with Gasteiger partial charge in [-0.25, -0.2) is 14.8 Å². The van der Waals surface area contributed by atoms with Gasteiger partial charge in [0.15, 0.2) is 5.82 Å². The molecule has 1 N–H and O–H groups in total. The molecule has 0 amide bonds. The molecule has 2 aromatic heterocycles. The van der Waals surface area contributed by atoms with E-state index in [0.717, 1.165) is 27.4 Å². The van der Waals surface area contributed by atoms with E-state index in [1.807, 2.05) is 17.2 Å². The van der Waals surface area contributed by atoms with E-state index in [1.165, 1.54) is 6.33 Å². The van der Waals surface area contributed by atoms with Crippen molar-refractivity contribution in [3.8, 4) is 0 Å². The topological polar surface area (TPSA) is 66.3 Å². The van der Waals surface area contributed by atoms with Crippen LogP contribution in [0.1, 0.15) is 5.56 Å². The lowest BCUT2D eigenvalue weighted by atomic mass is 10.2. The van der Waals surface area contributed by atoms with Gasteiger partial charge in [0.2, 0.25) is 0 Å². The van der Waals surface area contributed by atoms with Gasteiger partial charge in [-0.05, 0) is 17.9 Å². The predicted molar refractivity (Wildman–Crippen MR) is 78.2 cm³/mol. The first kappa shape index (κ1) is 12.7. The highest BCUT2D eigenvalue weighted by Gasteiger charge is 2.31. The second-order valence-electron chi connectivity index (χ2n) is 4.42. The van der Waals surface area contributed by atoms with Gasteiger partial charge in [-0.1, -0.05) is 0 Å². The van der Waals surface area contributed by atoms with Crippen LogP contribution >= 0.6 is 23.1 Å². The van der Waals surface area contributed by atoms with Gasteiger partial charge in [0.1, 0.15) is 12.4 Å². The quantitative estimate of drug-likeness (QED) is 0.914. The van der Waals surface area contributed by atoms with Crippen molar-refractivity contribution >= 4 is 45.1 Å². The number of nitrogens with zero attached hydrogens (tertiary/aromatic N) is 3. The molecule has 1 fully saturated rings. The van der Waals surface area contributed by atoms with Crippen LogP contribution < -0.4 is 4.90 Å². The number of anilines is 1. The standard InChI is InChI=1S/C12H13N3O2S2/c1-7-4-19-10-9(7)13-6-14-11(10)15-2-3-18-5-8(15)12(16)17/h4,6,8H,2-3,5H2,1H3,(H,16,17). The van der Waals surface area contributed by atoms with Crippen molar-refractivity contribution < 1.29 is 9.90 Å². The number of carbonyl (C=O) groups is 1. The second kappa shape index (κ2) is 4.97. The SMILES string of the molecule is Cc1csc2c(N3CCSCC3C(=O)O)ncnc12. The fourth-order valence-electron chi connectivity index (χ4n) is 2.22. The van der Waals surface area contributed by atoms with Crippen LogP contribution in [0.4, 0.5) is 5.82 Å². The van der Waals surface area contributed by atoms with Crippen LogP contribution in [0.2, 0.25) is 0 Å². The van der Waals surface area contributed by atoms with Crippen LogP contribution in [0.15, 0.2) is 11.7 Å². The Morgan fingerprint density at radius 2 is 2.37 bits per heavy atom. The van der Waals surface area contributed by atoms with E-state index in [9.17, 15) is 9.90 Å². The number of hydrogen-bond donors (Lipinski definition) is 1. The molecule has 3 rings (SSSR count). The molecule has 1 aliphatic heterocycles. The van der Waals surface area contributed by atoms with Crippen LogP contribution in [0.25, 0.3) is 10.2 Å². The molecule has 3 heterocycles. The molecular formula is C12H13N3O2S2. The molecule has 0 aliphatic carbocycles. The van der Waals surface area contributed by atoms with E-state index in [1.54, 1.807) is 23.1 Å². The van der Waals surface area contributed by atoms with E-state index in [2.05, 4.69) is 9.97 Å². The third-order valence-corrected chi connectivity index (χ3v) is 5.30. The Balaban J connectivity index is 2.09. The van der Waals surface area contributed by atoms with Crippen LogP contribution in [-0.2, 0) is 4.79 Å². The maximum atomic E-state index is 11.4. The number of rotatable bonds is 2. The highest BCUT2D eigenvalue weighted by atomic mass is 32.2. The highest BCUT2D eigenvalue weighted by molar-refractivity contribution is 7.99. The number of carboxylic acids is 1. The molecule has 0 bridgehead atoms. The minimum Gasteiger partial charge on any atom is -0.480 e. The summed E-state index contributed by atoms with van der Waals surface area (Å²) in [6.07, 6.45) is 1.53. The summed E-state index contributed by atoms with van der Waals surface area (Å²) in [6.45, 7) is 2.72. The van der Waals surface area contributed by atoms with Crippen molar-refractivity contribution in [1.29, 1.82) is 0 Å². The van der Waals surface area contributed by atoms with Gasteiger partial charge in [0, 0.05) is 18.1 Å². The summed E-state index contributed by atoms with van der Waals surface area (Å²) < 4.78 is 0.984. The summed E-state index contributed by atoms with van der Waals surface area (Å²) in [5.74, 6) is 1.51. The van der Waals surface area contributed by atoms with Crippen molar-refractivity contribution in [2.75, 3.05) is 23.0 Å². The largest absolute Gasteiger partial charge is 0.480 e. The van der Waals surface area contributed by atoms with Crippen molar-refractivity contribution in [3.05, 3.63) is 17.3 Å². The van der Waals surface area contributed by atoms with E-state index >= 15 is 0 Å². The first-order chi connectivity index (χ1) is 9.18. The number of thioether (sulfide) groups is 1. The lowest BCUT2D eigenvalue weighted by Crippen LogP contribution is -2.47. The van der Waals surface area contributed by atoms with Gasteiger partial charge in [0.25, 0.3) is 0 Å². The minimum atomic E-state index is -0.785. The van der Waals surface area contributed by atoms with Crippen LogP contribution in [0, 0.1) is 6.92 Å². The van der Waals surface area contributed by atoms with Crippen LogP contribution in [-0.4, -0.2) is 45.1 Å². The van der Waals surface area contributed by atoms with Crippen molar-refractivity contribution in [2.45, 2.75) is 13.0 Å². The number of hydrogen-bond acceptors (Lipinski definition) is 6. The summed E-state index contributed by atoms with van der Waals surface area (Å²) in [6, 6.07) is -0.501. The number of aromatic nitrogens is 2. The Hall–Kier alpha value is -1.34. The smallest absolute Gasteiger partial charge is 0.327 e. The van der Waals surface area contributed by atoms with Crippen molar-refractivity contribution in [3.63, 3.8) is 0 Å². The third-order valence-electron chi connectivity index (χ3n) is 3.20. The summed E-state index contributed by atoms with van der Waals surface area (Å²) in [7, 11) is 0. The number of carboxylic acid groups (broad SMARTS) is 1. The van der Waals surface area contributed by atoms with Gasteiger partial charge in [0.05, 0.1) is 10.2 Å². The lowest BCUT2D eigenvalue weighted by Gasteiger charge is -2.33. The summed E-state index contributed by atoms with van der Waals surface area (Å²) >= 11 is 3.26. The Morgan fingerprint density at radius 3 is 3.16 bits per heavy atom. The molecule has 0 aromatic carbocycles. The summed E-state index contributed by atoms with van der Waals surface area (Å²) in [5, 5.41) is 11.4. The van der Waals surface area contributed by atoms with Gasteiger partial charge in [-0.15, -0.1) is 11.3 Å². The molecule has 7 heteroatoms. The Labute approximate surface area is 118 Å². The average Bonchev–Trinajstić information content (AvgIpc) is 2.81. The minimum absolute atomic E-state index is 0.501. The molecular weight excluding hydrogens is 282 g/mol. The molecule has 100 valence electrons. The predicted octanol–water partition coefficient (Wildman–Crippen LogP) is 2.01. The maximum absolute atomic E-state index is 11.4. The third kappa shape index (κ3) is 2.17. The Bertz CT molecular complexity index is 628. The first-order valence-electron chi connectivity index (χ1n) is 5.94. The maximum Gasteiger partial charge on any atom is 0.327 e. The van der Waals surface area contributed by atoms with E-state index < -0.39 is 12.0 Å². The second-order valence-corrected chi connectivity index (χ2v) is 6.45. The zero-order chi connectivity index (χ0) is 13.4. The van der Waals surface area contributed by atoms with Gasteiger partial charge in [-0.2, -0.15) is 11.8 Å². The normalized spacial score (nSPS) is 19.8. The molecule has 1 aliphatic rings. The van der Waals surface area contributed by atoms with Crippen LogP contribution in [0.5, 0.6) is 0 Å². The molecule has 0 saturated carbocycles. The van der Waals surface area contributed by atoms with E-state index in [4.69, 9.17) is 0 Å². The summed E-state index contributed by atoms with van der Waals surface area (Å²) in [4.78, 5) is 21.9. The van der Waals surface area contributed by atoms with E-state index in [-0.39, 0.29) is 0 Å². The molecule has 1 unspecified atom stereocenters. The average molecular weight is 295 g/mol. The monoisotopic (exact) mass is 295 g/mol. The number of aryl methyl sites for hydroxylation is 1.